The molecule has 2 aromatic rings. The molecule has 1 aliphatic rings. The fraction of sp³-hybridized carbons (Fsp3) is 0.154. The molecule has 0 unspecified atom stereocenters. The Kier molecular flexibility index (Phi) is 2.38. The third-order valence-corrected chi connectivity index (χ3v) is 4.07. The minimum Gasteiger partial charge on any atom is -0.488 e. The molecule has 0 fully saturated rings. The molecule has 2 heterocycles. The van der Waals surface area contributed by atoms with Crippen LogP contribution in [0.3, 0.4) is 0 Å². The van der Waals surface area contributed by atoms with Crippen LogP contribution in [0.15, 0.2) is 18.2 Å². The van der Waals surface area contributed by atoms with Crippen molar-refractivity contribution in [1.29, 1.82) is 0 Å². The molecule has 18 heavy (non-hydrogen) atoms. The molecule has 1 aromatic carbocycles. The zero-order valence-corrected chi connectivity index (χ0v) is 10.3. The molecule has 0 atom stereocenters. The second-order valence-electron chi connectivity index (χ2n) is 4.16. The maximum Gasteiger partial charge on any atom is 0.345 e. The number of carboxylic acids is 1. The highest BCUT2D eigenvalue weighted by Crippen LogP contribution is 2.44. The summed E-state index contributed by atoms with van der Waals surface area (Å²) in [6.45, 7) is 2.11. The largest absolute Gasteiger partial charge is 0.488 e. The summed E-state index contributed by atoms with van der Waals surface area (Å²) in [4.78, 5) is 12.0. The van der Waals surface area contributed by atoms with E-state index in [4.69, 9.17) is 9.84 Å². The molecule has 1 N–H and O–H groups in total. The molecule has 0 saturated carbocycles. The van der Waals surface area contributed by atoms with Gasteiger partial charge in [-0.2, -0.15) is 0 Å². The summed E-state index contributed by atoms with van der Waals surface area (Å²) in [5, 5.41) is 8.99. The molecular weight excluding hydrogens is 255 g/mol. The highest BCUT2D eigenvalue weighted by molar-refractivity contribution is 7.17. The molecule has 1 aromatic heterocycles. The third-order valence-electron chi connectivity index (χ3n) is 2.88. The number of aryl methyl sites for hydroxylation is 1. The first-order chi connectivity index (χ1) is 8.56. The fourth-order valence-electron chi connectivity index (χ4n) is 2.11. The molecule has 1 aliphatic heterocycles. The van der Waals surface area contributed by atoms with Crippen LogP contribution in [0.5, 0.6) is 5.75 Å². The first-order valence-electron chi connectivity index (χ1n) is 5.35. The number of aromatic carboxylic acids is 1. The van der Waals surface area contributed by atoms with Crippen molar-refractivity contribution in [2.24, 2.45) is 0 Å². The number of hydrogen-bond acceptors (Lipinski definition) is 3. The van der Waals surface area contributed by atoms with Crippen molar-refractivity contribution in [2.75, 3.05) is 0 Å². The van der Waals surface area contributed by atoms with Crippen LogP contribution in [0.1, 0.15) is 20.8 Å². The third kappa shape index (κ3) is 1.59. The van der Waals surface area contributed by atoms with E-state index >= 15 is 0 Å². The summed E-state index contributed by atoms with van der Waals surface area (Å²) in [7, 11) is 0. The minimum absolute atomic E-state index is 0.248. The van der Waals surface area contributed by atoms with Gasteiger partial charge in [-0.05, 0) is 30.7 Å². The van der Waals surface area contributed by atoms with Crippen LogP contribution >= 0.6 is 11.3 Å². The van der Waals surface area contributed by atoms with Crippen molar-refractivity contribution in [2.45, 2.75) is 13.5 Å². The lowest BCUT2D eigenvalue weighted by atomic mass is 10.0. The molecule has 0 saturated heterocycles. The average molecular weight is 264 g/mol. The number of benzene rings is 1. The molecule has 3 nitrogen and oxygen atoms in total. The summed E-state index contributed by atoms with van der Waals surface area (Å²) in [5.41, 5.74) is 2.17. The second kappa shape index (κ2) is 3.81. The Morgan fingerprint density at radius 3 is 2.94 bits per heavy atom. The molecule has 5 heteroatoms. The maximum atomic E-state index is 13.4. The quantitative estimate of drug-likeness (QED) is 0.858. The summed E-state index contributed by atoms with van der Waals surface area (Å²) in [5.74, 6) is -0.667. The molecule has 0 bridgehead atoms. The van der Waals surface area contributed by atoms with Gasteiger partial charge in [-0.25, -0.2) is 9.18 Å². The summed E-state index contributed by atoms with van der Waals surface area (Å²) < 4.78 is 19.0. The van der Waals surface area contributed by atoms with E-state index in [1.807, 2.05) is 0 Å². The Morgan fingerprint density at radius 1 is 1.44 bits per heavy atom. The van der Waals surface area contributed by atoms with E-state index in [9.17, 15) is 9.18 Å². The van der Waals surface area contributed by atoms with Crippen molar-refractivity contribution in [3.05, 3.63) is 40.0 Å². The first-order valence-corrected chi connectivity index (χ1v) is 6.17. The maximum absolute atomic E-state index is 13.4. The van der Waals surface area contributed by atoms with Gasteiger partial charge in [-0.3, -0.25) is 0 Å². The van der Waals surface area contributed by atoms with E-state index in [2.05, 4.69) is 0 Å². The van der Waals surface area contributed by atoms with Gasteiger partial charge in [0.2, 0.25) is 0 Å². The number of thiophene rings is 1. The van der Waals surface area contributed by atoms with Crippen molar-refractivity contribution in [1.82, 2.24) is 0 Å². The van der Waals surface area contributed by atoms with Gasteiger partial charge in [0.15, 0.2) is 0 Å². The van der Waals surface area contributed by atoms with Crippen LogP contribution in [0.2, 0.25) is 0 Å². The topological polar surface area (TPSA) is 46.5 Å². The molecule has 0 aliphatic carbocycles. The van der Waals surface area contributed by atoms with E-state index in [0.717, 1.165) is 27.3 Å². The van der Waals surface area contributed by atoms with Gasteiger partial charge in [-0.15, -0.1) is 11.3 Å². The smallest absolute Gasteiger partial charge is 0.345 e. The van der Waals surface area contributed by atoms with Crippen LogP contribution in [0, 0.1) is 12.7 Å². The molecular formula is C13H9FO3S. The predicted octanol–water partition coefficient (Wildman–Crippen LogP) is 3.45. The number of carbonyl (C=O) groups is 1. The normalized spacial score (nSPS) is 12.6. The lowest BCUT2D eigenvalue weighted by Gasteiger charge is -2.19. The Bertz CT molecular complexity index is 660. The van der Waals surface area contributed by atoms with E-state index in [-0.39, 0.29) is 10.7 Å². The van der Waals surface area contributed by atoms with Gasteiger partial charge in [0, 0.05) is 16.0 Å². The second-order valence-corrected chi connectivity index (χ2v) is 5.21. The lowest BCUT2D eigenvalue weighted by Crippen LogP contribution is -2.04. The van der Waals surface area contributed by atoms with Crippen molar-refractivity contribution in [3.63, 3.8) is 0 Å². The van der Waals surface area contributed by atoms with Crippen LogP contribution in [-0.2, 0) is 6.61 Å². The average Bonchev–Trinajstić information content (AvgIpc) is 2.72. The minimum atomic E-state index is -0.968. The number of rotatable bonds is 1. The van der Waals surface area contributed by atoms with Crippen LogP contribution < -0.4 is 4.74 Å². The number of hydrogen-bond donors (Lipinski definition) is 1. The van der Waals surface area contributed by atoms with Gasteiger partial charge in [0.05, 0.1) is 0 Å². The number of halogens is 1. The molecule has 0 amide bonds. The molecule has 0 spiro atoms. The van der Waals surface area contributed by atoms with Crippen molar-refractivity contribution < 1.29 is 19.0 Å². The predicted molar refractivity (Wildman–Crippen MR) is 65.7 cm³/mol. The highest BCUT2D eigenvalue weighted by atomic mass is 32.1. The Balaban J connectivity index is 2.24. The number of carboxylic acid groups (broad SMARTS) is 1. The van der Waals surface area contributed by atoms with Crippen molar-refractivity contribution in [3.8, 4) is 16.2 Å². The van der Waals surface area contributed by atoms with Gasteiger partial charge >= 0.3 is 5.97 Å². The van der Waals surface area contributed by atoms with E-state index in [1.54, 1.807) is 13.0 Å². The Hall–Kier alpha value is -1.88. The highest BCUT2D eigenvalue weighted by Gasteiger charge is 2.24. The number of fused-ring (bicyclic) bond motifs is 3. The van der Waals surface area contributed by atoms with E-state index in [0.29, 0.717) is 17.9 Å². The summed E-state index contributed by atoms with van der Waals surface area (Å²) >= 11 is 1.16. The monoisotopic (exact) mass is 264 g/mol. The van der Waals surface area contributed by atoms with Gasteiger partial charge in [-0.1, -0.05) is 0 Å². The Morgan fingerprint density at radius 2 is 2.22 bits per heavy atom. The zero-order chi connectivity index (χ0) is 12.9. The summed E-state index contributed by atoms with van der Waals surface area (Å²) in [6.07, 6.45) is 0. The molecule has 92 valence electrons. The fourth-order valence-corrected chi connectivity index (χ4v) is 3.13. The van der Waals surface area contributed by atoms with E-state index < -0.39 is 5.97 Å². The lowest BCUT2D eigenvalue weighted by molar-refractivity contribution is 0.0702. The van der Waals surface area contributed by atoms with Crippen LogP contribution in [0.4, 0.5) is 4.39 Å². The first kappa shape index (κ1) is 11.2. The van der Waals surface area contributed by atoms with Crippen LogP contribution in [0.25, 0.3) is 10.4 Å². The van der Waals surface area contributed by atoms with Crippen molar-refractivity contribution >= 4 is 17.3 Å². The van der Waals surface area contributed by atoms with E-state index in [1.165, 1.54) is 12.1 Å². The molecule has 3 rings (SSSR count). The van der Waals surface area contributed by atoms with Crippen LogP contribution in [-0.4, -0.2) is 11.1 Å². The standard InChI is InChI=1S/C13H9FO3S/c1-6-2-8(14)4-9-11(6)17-5-7-3-10(13(15)16)18-12(7)9/h2-4H,5H2,1H3,(H,15,16). The van der Waals surface area contributed by atoms with Gasteiger partial charge in [0.25, 0.3) is 0 Å². The zero-order valence-electron chi connectivity index (χ0n) is 9.49. The Labute approximate surface area is 106 Å². The SMILES string of the molecule is Cc1cc(F)cc2c1OCc1cc(C(=O)O)sc1-2. The molecule has 0 radical (unpaired) electrons. The summed E-state index contributed by atoms with van der Waals surface area (Å²) in [6, 6.07) is 4.39. The van der Waals surface area contributed by atoms with Gasteiger partial charge < -0.3 is 9.84 Å². The van der Waals surface area contributed by atoms with Gasteiger partial charge in [0.1, 0.15) is 23.1 Å². The number of ether oxygens (including phenoxy) is 1.